The number of hydrogen-bond acceptors (Lipinski definition) is 3. The van der Waals surface area contributed by atoms with Crippen molar-refractivity contribution in [1.82, 2.24) is 0 Å². The van der Waals surface area contributed by atoms with Gasteiger partial charge in [-0.25, -0.2) is 0 Å². The Bertz CT molecular complexity index is 861. The molecular weight excluding hydrogens is 358 g/mol. The van der Waals surface area contributed by atoms with Crippen molar-refractivity contribution < 1.29 is 9.47 Å². The Hall–Kier alpha value is -2.65. The van der Waals surface area contributed by atoms with Crippen molar-refractivity contribution in [3.63, 3.8) is 0 Å². The third-order valence-corrected chi connectivity index (χ3v) is 4.42. The number of ether oxygens (including phenoxy) is 2. The van der Waals surface area contributed by atoms with Gasteiger partial charge in [-0.3, -0.25) is 0 Å². The molecule has 3 aromatic rings. The molecule has 140 valence electrons. The molecule has 0 saturated heterocycles. The van der Waals surface area contributed by atoms with Gasteiger partial charge in [-0.2, -0.15) is 0 Å². The van der Waals surface area contributed by atoms with E-state index >= 15 is 0 Å². The second kappa shape index (κ2) is 9.33. The van der Waals surface area contributed by atoms with Gasteiger partial charge in [0.15, 0.2) is 11.5 Å². The van der Waals surface area contributed by atoms with Crippen molar-refractivity contribution in [3.8, 4) is 11.5 Å². The first kappa shape index (κ1) is 19.1. The fourth-order valence-electron chi connectivity index (χ4n) is 2.67. The van der Waals surface area contributed by atoms with Crippen molar-refractivity contribution >= 4 is 17.3 Å². The molecule has 0 aliphatic rings. The molecule has 0 amide bonds. The van der Waals surface area contributed by atoms with Gasteiger partial charge in [0.05, 0.1) is 6.61 Å². The lowest BCUT2D eigenvalue weighted by Gasteiger charge is -2.14. The molecule has 4 heteroatoms. The summed E-state index contributed by atoms with van der Waals surface area (Å²) in [7, 11) is 0. The molecule has 0 atom stereocenters. The Morgan fingerprint density at radius 2 is 1.52 bits per heavy atom. The highest BCUT2D eigenvalue weighted by Gasteiger charge is 2.07. The van der Waals surface area contributed by atoms with E-state index in [4.69, 9.17) is 21.1 Å². The molecule has 0 aromatic heterocycles. The highest BCUT2D eigenvalue weighted by atomic mass is 35.5. The van der Waals surface area contributed by atoms with Gasteiger partial charge in [0, 0.05) is 17.3 Å². The van der Waals surface area contributed by atoms with Gasteiger partial charge in [-0.1, -0.05) is 47.5 Å². The molecule has 3 nitrogen and oxygen atoms in total. The second-order valence-electron chi connectivity index (χ2n) is 6.35. The number of nitrogens with one attached hydrogen (secondary N) is 1. The molecule has 0 bridgehead atoms. The third kappa shape index (κ3) is 5.66. The molecule has 0 aliphatic carbocycles. The third-order valence-electron chi connectivity index (χ3n) is 4.16. The molecule has 0 saturated carbocycles. The fraction of sp³-hybridized carbons (Fsp3) is 0.217. The summed E-state index contributed by atoms with van der Waals surface area (Å²) in [5.41, 5.74) is 4.55. The minimum Gasteiger partial charge on any atom is -0.490 e. The highest BCUT2D eigenvalue weighted by Crippen LogP contribution is 2.30. The zero-order valence-corrected chi connectivity index (χ0v) is 16.4. The number of benzene rings is 3. The van der Waals surface area contributed by atoms with Crippen LogP contribution in [0.3, 0.4) is 0 Å². The zero-order chi connectivity index (χ0) is 19.1. The number of rotatable bonds is 8. The maximum Gasteiger partial charge on any atom is 0.161 e. The Morgan fingerprint density at radius 3 is 2.22 bits per heavy atom. The minimum absolute atomic E-state index is 0.470. The minimum atomic E-state index is 0.470. The summed E-state index contributed by atoms with van der Waals surface area (Å²) >= 11 is 5.93. The quantitative estimate of drug-likeness (QED) is 0.501. The standard InChI is InChI=1S/C23H24ClNO2/c1-3-26-23-14-19(15-25-21-11-4-17(2)5-12-21)8-13-22(23)27-16-18-6-9-20(24)10-7-18/h4-14,25H,3,15-16H2,1-2H3. The summed E-state index contributed by atoms with van der Waals surface area (Å²) in [5.74, 6) is 1.50. The average Bonchev–Trinajstić information content (AvgIpc) is 2.68. The zero-order valence-electron chi connectivity index (χ0n) is 15.7. The SMILES string of the molecule is CCOc1cc(CNc2ccc(C)cc2)ccc1OCc1ccc(Cl)cc1. The summed E-state index contributed by atoms with van der Waals surface area (Å²) < 4.78 is 11.7. The first-order valence-corrected chi connectivity index (χ1v) is 9.45. The number of aryl methyl sites for hydroxylation is 1. The first-order valence-electron chi connectivity index (χ1n) is 9.07. The molecule has 3 rings (SSSR count). The van der Waals surface area contributed by atoms with E-state index < -0.39 is 0 Å². The van der Waals surface area contributed by atoms with Crippen LogP contribution in [0.2, 0.25) is 5.02 Å². The first-order chi connectivity index (χ1) is 13.1. The van der Waals surface area contributed by atoms with E-state index in [9.17, 15) is 0 Å². The van der Waals surface area contributed by atoms with Gasteiger partial charge in [0.25, 0.3) is 0 Å². The predicted octanol–water partition coefficient (Wildman–Crippen LogP) is 6.24. The van der Waals surface area contributed by atoms with Crippen LogP contribution in [0.15, 0.2) is 66.7 Å². The largest absolute Gasteiger partial charge is 0.490 e. The van der Waals surface area contributed by atoms with Crippen molar-refractivity contribution in [2.75, 3.05) is 11.9 Å². The monoisotopic (exact) mass is 381 g/mol. The van der Waals surface area contributed by atoms with E-state index in [1.54, 1.807) is 0 Å². The van der Waals surface area contributed by atoms with E-state index in [-0.39, 0.29) is 0 Å². The number of hydrogen-bond donors (Lipinski definition) is 1. The van der Waals surface area contributed by atoms with Crippen molar-refractivity contribution in [1.29, 1.82) is 0 Å². The predicted molar refractivity (Wildman–Crippen MR) is 112 cm³/mol. The van der Waals surface area contributed by atoms with Crippen LogP contribution in [-0.4, -0.2) is 6.61 Å². The average molecular weight is 382 g/mol. The Labute approximate surface area is 165 Å². The molecule has 0 spiro atoms. The molecule has 0 aliphatic heterocycles. The van der Waals surface area contributed by atoms with Crippen molar-refractivity contribution in [2.24, 2.45) is 0 Å². The van der Waals surface area contributed by atoms with Gasteiger partial charge in [0.2, 0.25) is 0 Å². The van der Waals surface area contributed by atoms with Crippen LogP contribution in [0.4, 0.5) is 5.69 Å². The highest BCUT2D eigenvalue weighted by molar-refractivity contribution is 6.30. The van der Waals surface area contributed by atoms with Crippen molar-refractivity contribution in [3.05, 3.63) is 88.4 Å². The van der Waals surface area contributed by atoms with Crippen LogP contribution >= 0.6 is 11.6 Å². The lowest BCUT2D eigenvalue weighted by Crippen LogP contribution is -2.03. The summed E-state index contributed by atoms with van der Waals surface area (Å²) in [6.45, 7) is 5.84. The normalized spacial score (nSPS) is 10.5. The summed E-state index contributed by atoms with van der Waals surface area (Å²) in [5, 5.41) is 4.15. The van der Waals surface area contributed by atoms with Crippen LogP contribution < -0.4 is 14.8 Å². The van der Waals surface area contributed by atoms with Gasteiger partial charge < -0.3 is 14.8 Å². The summed E-state index contributed by atoms with van der Waals surface area (Å²) in [6, 6.07) is 22.1. The Balaban J connectivity index is 1.66. The van der Waals surface area contributed by atoms with Gasteiger partial charge in [0.1, 0.15) is 6.61 Å². The molecule has 0 radical (unpaired) electrons. The molecule has 0 heterocycles. The van der Waals surface area contributed by atoms with E-state index in [1.807, 2.05) is 43.3 Å². The Kier molecular flexibility index (Phi) is 6.61. The van der Waals surface area contributed by atoms with E-state index in [0.29, 0.717) is 13.2 Å². The molecule has 0 unspecified atom stereocenters. The lowest BCUT2D eigenvalue weighted by atomic mass is 10.2. The van der Waals surface area contributed by atoms with Crippen LogP contribution in [0, 0.1) is 6.92 Å². The molecule has 0 fully saturated rings. The summed E-state index contributed by atoms with van der Waals surface area (Å²) in [6.07, 6.45) is 0. The van der Waals surface area contributed by atoms with Gasteiger partial charge in [-0.05, 0) is 61.4 Å². The molecule has 27 heavy (non-hydrogen) atoms. The van der Waals surface area contributed by atoms with Gasteiger partial charge in [-0.15, -0.1) is 0 Å². The fourth-order valence-corrected chi connectivity index (χ4v) is 2.79. The molecule has 3 aromatic carbocycles. The van der Waals surface area contributed by atoms with E-state index in [2.05, 4.69) is 42.6 Å². The van der Waals surface area contributed by atoms with Crippen LogP contribution in [-0.2, 0) is 13.2 Å². The lowest BCUT2D eigenvalue weighted by molar-refractivity contribution is 0.269. The maximum absolute atomic E-state index is 5.96. The van der Waals surface area contributed by atoms with Crippen LogP contribution in [0.5, 0.6) is 11.5 Å². The molecular formula is C23H24ClNO2. The Morgan fingerprint density at radius 1 is 0.815 bits per heavy atom. The van der Waals surface area contributed by atoms with E-state index in [1.165, 1.54) is 5.56 Å². The number of halogens is 1. The maximum atomic E-state index is 5.96. The van der Waals surface area contributed by atoms with E-state index in [0.717, 1.165) is 39.9 Å². The summed E-state index contributed by atoms with van der Waals surface area (Å²) in [4.78, 5) is 0. The smallest absolute Gasteiger partial charge is 0.161 e. The van der Waals surface area contributed by atoms with Crippen LogP contribution in [0.25, 0.3) is 0 Å². The molecule has 1 N–H and O–H groups in total. The second-order valence-corrected chi connectivity index (χ2v) is 6.79. The van der Waals surface area contributed by atoms with Gasteiger partial charge >= 0.3 is 0 Å². The topological polar surface area (TPSA) is 30.5 Å². The van der Waals surface area contributed by atoms with Crippen molar-refractivity contribution in [2.45, 2.75) is 27.0 Å². The number of anilines is 1. The van der Waals surface area contributed by atoms with Crippen LogP contribution in [0.1, 0.15) is 23.6 Å².